The van der Waals surface area contributed by atoms with Gasteiger partial charge in [0.25, 0.3) is 0 Å². The zero-order valence-corrected chi connectivity index (χ0v) is 13.2. The monoisotopic (exact) mass is 331 g/mol. The minimum absolute atomic E-state index is 0.315. The first-order valence-corrected chi connectivity index (χ1v) is 7.75. The van der Waals surface area contributed by atoms with Crippen molar-refractivity contribution in [1.82, 2.24) is 19.5 Å². The SMILES string of the molecule is Fc1ccccc1Nc1nccc(-n2ccnc2-c2ccccc2)n1. The molecule has 0 saturated carbocycles. The summed E-state index contributed by atoms with van der Waals surface area (Å²) in [6, 6.07) is 18.0. The number of para-hydroxylation sites is 1. The number of hydrogen-bond donors (Lipinski definition) is 1. The van der Waals surface area contributed by atoms with E-state index in [0.717, 1.165) is 11.4 Å². The predicted molar refractivity (Wildman–Crippen MR) is 94.3 cm³/mol. The Morgan fingerprint density at radius 3 is 2.48 bits per heavy atom. The molecule has 0 radical (unpaired) electrons. The van der Waals surface area contributed by atoms with Gasteiger partial charge in [-0.1, -0.05) is 42.5 Å². The molecule has 122 valence electrons. The average Bonchev–Trinajstić information content (AvgIpc) is 3.15. The zero-order chi connectivity index (χ0) is 17.1. The van der Waals surface area contributed by atoms with Crippen molar-refractivity contribution in [1.29, 1.82) is 0 Å². The van der Waals surface area contributed by atoms with Gasteiger partial charge in [0, 0.05) is 24.2 Å². The van der Waals surface area contributed by atoms with Gasteiger partial charge in [0.2, 0.25) is 5.95 Å². The van der Waals surface area contributed by atoms with E-state index in [4.69, 9.17) is 0 Å². The molecule has 2 aromatic heterocycles. The van der Waals surface area contributed by atoms with E-state index in [-0.39, 0.29) is 5.82 Å². The minimum atomic E-state index is -0.357. The van der Waals surface area contributed by atoms with Crippen molar-refractivity contribution in [3.8, 4) is 17.2 Å². The lowest BCUT2D eigenvalue weighted by Crippen LogP contribution is -2.04. The highest BCUT2D eigenvalue weighted by atomic mass is 19.1. The molecule has 0 fully saturated rings. The van der Waals surface area contributed by atoms with E-state index >= 15 is 0 Å². The lowest BCUT2D eigenvalue weighted by molar-refractivity contribution is 0.631. The second kappa shape index (κ2) is 6.52. The Balaban J connectivity index is 1.69. The van der Waals surface area contributed by atoms with E-state index < -0.39 is 0 Å². The number of hydrogen-bond acceptors (Lipinski definition) is 4. The summed E-state index contributed by atoms with van der Waals surface area (Å²) >= 11 is 0. The highest BCUT2D eigenvalue weighted by molar-refractivity contribution is 5.59. The number of halogens is 1. The smallest absolute Gasteiger partial charge is 0.229 e. The first-order valence-electron chi connectivity index (χ1n) is 7.75. The molecule has 0 atom stereocenters. The van der Waals surface area contributed by atoms with Crippen LogP contribution < -0.4 is 5.32 Å². The standard InChI is InChI=1S/C19H14FN5/c20-15-8-4-5-9-16(15)23-19-22-11-10-17(24-19)25-13-12-21-18(25)14-6-2-1-3-7-14/h1-13H,(H,22,23,24). The van der Waals surface area contributed by atoms with E-state index in [0.29, 0.717) is 17.5 Å². The Bertz CT molecular complexity index is 997. The summed E-state index contributed by atoms with van der Waals surface area (Å²) in [5.74, 6) is 1.38. The maximum absolute atomic E-state index is 13.8. The number of imidazole rings is 1. The first kappa shape index (κ1) is 15.0. The van der Waals surface area contributed by atoms with Crippen LogP contribution in [-0.2, 0) is 0 Å². The maximum Gasteiger partial charge on any atom is 0.229 e. The molecule has 2 heterocycles. The third-order valence-electron chi connectivity index (χ3n) is 3.68. The van der Waals surface area contributed by atoms with Gasteiger partial charge in [0.15, 0.2) is 0 Å². The molecule has 0 aliphatic heterocycles. The van der Waals surface area contributed by atoms with E-state index in [9.17, 15) is 4.39 Å². The van der Waals surface area contributed by atoms with Gasteiger partial charge in [-0.25, -0.2) is 14.4 Å². The quantitative estimate of drug-likeness (QED) is 0.608. The van der Waals surface area contributed by atoms with Crippen LogP contribution >= 0.6 is 0 Å². The van der Waals surface area contributed by atoms with Crippen LogP contribution in [0.2, 0.25) is 0 Å². The molecule has 0 bridgehead atoms. The van der Waals surface area contributed by atoms with Gasteiger partial charge < -0.3 is 5.32 Å². The highest BCUT2D eigenvalue weighted by Crippen LogP contribution is 2.21. The van der Waals surface area contributed by atoms with Crippen LogP contribution in [0.3, 0.4) is 0 Å². The van der Waals surface area contributed by atoms with Gasteiger partial charge in [-0.05, 0) is 18.2 Å². The molecule has 5 nitrogen and oxygen atoms in total. The number of nitrogens with one attached hydrogen (secondary N) is 1. The van der Waals surface area contributed by atoms with Crippen molar-refractivity contribution >= 4 is 11.6 Å². The van der Waals surface area contributed by atoms with E-state index in [1.54, 1.807) is 36.7 Å². The molecule has 1 N–H and O–H groups in total. The van der Waals surface area contributed by atoms with Gasteiger partial charge in [-0.15, -0.1) is 0 Å². The number of anilines is 2. The van der Waals surface area contributed by atoms with Crippen LogP contribution in [-0.4, -0.2) is 19.5 Å². The predicted octanol–water partition coefficient (Wildman–Crippen LogP) is 4.21. The van der Waals surface area contributed by atoms with Crippen molar-refractivity contribution in [2.75, 3.05) is 5.32 Å². The molecule has 6 heteroatoms. The fourth-order valence-electron chi connectivity index (χ4n) is 2.52. The Hall–Kier alpha value is -3.54. The van der Waals surface area contributed by atoms with Gasteiger partial charge >= 0.3 is 0 Å². The second-order valence-electron chi connectivity index (χ2n) is 5.33. The maximum atomic E-state index is 13.8. The lowest BCUT2D eigenvalue weighted by atomic mass is 10.2. The third-order valence-corrected chi connectivity index (χ3v) is 3.68. The lowest BCUT2D eigenvalue weighted by Gasteiger charge is -2.10. The summed E-state index contributed by atoms with van der Waals surface area (Å²) in [5.41, 5.74) is 1.31. The molecule has 0 saturated heterocycles. The number of nitrogens with zero attached hydrogens (tertiary/aromatic N) is 4. The molecule has 0 aliphatic rings. The number of aromatic nitrogens is 4. The molecule has 0 aliphatic carbocycles. The molecular weight excluding hydrogens is 317 g/mol. The molecule has 0 spiro atoms. The molecule has 0 unspecified atom stereocenters. The average molecular weight is 331 g/mol. The summed E-state index contributed by atoms with van der Waals surface area (Å²) in [6.07, 6.45) is 5.17. The zero-order valence-electron chi connectivity index (χ0n) is 13.2. The van der Waals surface area contributed by atoms with Gasteiger partial charge in [-0.3, -0.25) is 4.57 Å². The minimum Gasteiger partial charge on any atom is -0.322 e. The van der Waals surface area contributed by atoms with Crippen molar-refractivity contribution < 1.29 is 4.39 Å². The van der Waals surface area contributed by atoms with E-state index in [2.05, 4.69) is 20.3 Å². The van der Waals surface area contributed by atoms with E-state index in [1.807, 2.05) is 41.1 Å². The topological polar surface area (TPSA) is 55.6 Å². The second-order valence-corrected chi connectivity index (χ2v) is 5.33. The first-order chi connectivity index (χ1) is 12.3. The largest absolute Gasteiger partial charge is 0.322 e. The van der Waals surface area contributed by atoms with Gasteiger partial charge in [0.05, 0.1) is 5.69 Å². The van der Waals surface area contributed by atoms with Crippen LogP contribution in [0, 0.1) is 5.82 Å². The Morgan fingerprint density at radius 2 is 1.64 bits per heavy atom. The highest BCUT2D eigenvalue weighted by Gasteiger charge is 2.10. The van der Waals surface area contributed by atoms with Crippen LogP contribution in [0.5, 0.6) is 0 Å². The normalized spacial score (nSPS) is 10.6. The molecule has 4 aromatic rings. The summed E-state index contributed by atoms with van der Waals surface area (Å²) in [5, 5.41) is 2.90. The summed E-state index contributed by atoms with van der Waals surface area (Å²) in [4.78, 5) is 13.1. The summed E-state index contributed by atoms with van der Waals surface area (Å²) in [6.45, 7) is 0. The molecule has 4 rings (SSSR count). The Labute approximate surface area is 143 Å². The van der Waals surface area contributed by atoms with Crippen LogP contribution in [0.25, 0.3) is 17.2 Å². The number of rotatable bonds is 4. The number of benzene rings is 2. The fraction of sp³-hybridized carbons (Fsp3) is 0. The third kappa shape index (κ3) is 3.10. The van der Waals surface area contributed by atoms with Gasteiger partial charge in [0.1, 0.15) is 17.5 Å². The fourth-order valence-corrected chi connectivity index (χ4v) is 2.52. The summed E-state index contributed by atoms with van der Waals surface area (Å²) < 4.78 is 15.7. The molecular formula is C19H14FN5. The molecule has 2 aromatic carbocycles. The van der Waals surface area contributed by atoms with Crippen LogP contribution in [0.4, 0.5) is 16.0 Å². The van der Waals surface area contributed by atoms with Crippen LogP contribution in [0.1, 0.15) is 0 Å². The van der Waals surface area contributed by atoms with E-state index in [1.165, 1.54) is 6.07 Å². The van der Waals surface area contributed by atoms with Crippen molar-refractivity contribution in [2.24, 2.45) is 0 Å². The van der Waals surface area contributed by atoms with Gasteiger partial charge in [-0.2, -0.15) is 4.98 Å². The Kier molecular flexibility index (Phi) is 3.92. The van der Waals surface area contributed by atoms with Crippen molar-refractivity contribution in [2.45, 2.75) is 0 Å². The van der Waals surface area contributed by atoms with Crippen LogP contribution in [0.15, 0.2) is 79.3 Å². The van der Waals surface area contributed by atoms with Crippen molar-refractivity contribution in [3.05, 3.63) is 85.1 Å². The molecule has 25 heavy (non-hydrogen) atoms. The molecule has 0 amide bonds. The summed E-state index contributed by atoms with van der Waals surface area (Å²) in [7, 11) is 0. The Morgan fingerprint density at radius 1 is 0.840 bits per heavy atom. The van der Waals surface area contributed by atoms with Crippen molar-refractivity contribution in [3.63, 3.8) is 0 Å².